The zero-order valence-electron chi connectivity index (χ0n) is 9.47. The van der Waals surface area contributed by atoms with E-state index in [0.717, 1.165) is 0 Å². The van der Waals surface area contributed by atoms with Crippen molar-refractivity contribution in [3.8, 4) is 18.1 Å². The summed E-state index contributed by atoms with van der Waals surface area (Å²) in [6.45, 7) is 0.535. The van der Waals surface area contributed by atoms with Crippen molar-refractivity contribution in [3.63, 3.8) is 0 Å². The van der Waals surface area contributed by atoms with Gasteiger partial charge in [0.25, 0.3) is 0 Å². The van der Waals surface area contributed by atoms with Gasteiger partial charge in [-0.1, -0.05) is 0 Å². The van der Waals surface area contributed by atoms with Crippen LogP contribution >= 0.6 is 0 Å². The third-order valence-corrected chi connectivity index (χ3v) is 1.85. The van der Waals surface area contributed by atoms with Gasteiger partial charge < -0.3 is 14.4 Å². The molecule has 0 amide bonds. The van der Waals surface area contributed by atoms with Crippen molar-refractivity contribution in [1.82, 2.24) is 15.0 Å². The minimum Gasteiger partial charge on any atom is -0.467 e. The molecule has 1 rings (SSSR count). The molecule has 7 nitrogen and oxygen atoms in total. The molecule has 1 aromatic heterocycles. The van der Waals surface area contributed by atoms with Crippen LogP contribution in [-0.2, 0) is 0 Å². The summed E-state index contributed by atoms with van der Waals surface area (Å²) >= 11 is 0. The van der Waals surface area contributed by atoms with Crippen LogP contribution in [0.2, 0.25) is 0 Å². The van der Waals surface area contributed by atoms with Crippen LogP contribution in [0.15, 0.2) is 0 Å². The van der Waals surface area contributed by atoms with Gasteiger partial charge in [-0.25, -0.2) is 0 Å². The zero-order valence-corrected chi connectivity index (χ0v) is 9.47. The third kappa shape index (κ3) is 2.95. The monoisotopic (exact) mass is 223 g/mol. The molecule has 0 N–H and O–H groups in total. The highest BCUT2D eigenvalue weighted by molar-refractivity contribution is 5.30. The van der Waals surface area contributed by atoms with E-state index in [9.17, 15) is 0 Å². The SMILES string of the molecule is COc1nc(OC)nc(N(C)CCC#N)n1. The lowest BCUT2D eigenvalue weighted by molar-refractivity contribution is 0.340. The second kappa shape index (κ2) is 5.70. The maximum Gasteiger partial charge on any atom is 0.324 e. The fourth-order valence-electron chi connectivity index (χ4n) is 0.999. The van der Waals surface area contributed by atoms with Crippen LogP contribution in [0.3, 0.4) is 0 Å². The summed E-state index contributed by atoms with van der Waals surface area (Å²) in [4.78, 5) is 13.7. The first kappa shape index (κ1) is 12.0. The lowest BCUT2D eigenvalue weighted by Crippen LogP contribution is -2.21. The summed E-state index contributed by atoms with van der Waals surface area (Å²) in [6.07, 6.45) is 0.396. The standard InChI is InChI=1S/C9H13N5O2/c1-14(6-4-5-10)7-11-8(15-2)13-9(12-7)16-3/h4,6H2,1-3H3. The fraction of sp³-hybridized carbons (Fsp3) is 0.556. The molecule has 0 aliphatic rings. The Morgan fingerprint density at radius 2 is 1.75 bits per heavy atom. The van der Waals surface area contributed by atoms with Gasteiger partial charge >= 0.3 is 12.0 Å². The molecule has 1 heterocycles. The molecule has 0 bridgehead atoms. The van der Waals surface area contributed by atoms with E-state index in [1.807, 2.05) is 0 Å². The minimum atomic E-state index is 0.186. The average Bonchev–Trinajstić information content (AvgIpc) is 2.35. The van der Waals surface area contributed by atoms with E-state index in [0.29, 0.717) is 18.9 Å². The topological polar surface area (TPSA) is 84.2 Å². The Hall–Kier alpha value is -2.10. The number of nitrogens with zero attached hydrogens (tertiary/aromatic N) is 5. The van der Waals surface area contributed by atoms with Crippen LogP contribution in [0.25, 0.3) is 0 Å². The first-order valence-corrected chi connectivity index (χ1v) is 4.63. The van der Waals surface area contributed by atoms with E-state index in [1.54, 1.807) is 11.9 Å². The molecule has 86 valence electrons. The molecule has 0 spiro atoms. The van der Waals surface area contributed by atoms with Crippen LogP contribution in [0.1, 0.15) is 6.42 Å². The first-order chi connectivity index (χ1) is 7.71. The predicted octanol–water partition coefficient (Wildman–Crippen LogP) is 0.239. The number of aromatic nitrogens is 3. The van der Waals surface area contributed by atoms with E-state index in [-0.39, 0.29) is 12.0 Å². The Morgan fingerprint density at radius 3 is 2.19 bits per heavy atom. The quantitative estimate of drug-likeness (QED) is 0.706. The number of rotatable bonds is 5. The normalized spacial score (nSPS) is 9.38. The van der Waals surface area contributed by atoms with Crippen molar-refractivity contribution in [2.45, 2.75) is 6.42 Å². The van der Waals surface area contributed by atoms with Crippen molar-refractivity contribution in [2.24, 2.45) is 0 Å². The van der Waals surface area contributed by atoms with Gasteiger partial charge in [0, 0.05) is 13.6 Å². The Morgan fingerprint density at radius 1 is 1.19 bits per heavy atom. The molecule has 0 atom stereocenters. The molecule has 0 aromatic carbocycles. The molecule has 1 aromatic rings. The van der Waals surface area contributed by atoms with Crippen molar-refractivity contribution < 1.29 is 9.47 Å². The Kier molecular flexibility index (Phi) is 4.27. The fourth-order valence-corrected chi connectivity index (χ4v) is 0.999. The van der Waals surface area contributed by atoms with Gasteiger partial charge in [-0.3, -0.25) is 0 Å². The third-order valence-electron chi connectivity index (χ3n) is 1.85. The van der Waals surface area contributed by atoms with Crippen LogP contribution in [0.5, 0.6) is 12.0 Å². The van der Waals surface area contributed by atoms with Crippen LogP contribution in [0.4, 0.5) is 5.95 Å². The van der Waals surface area contributed by atoms with E-state index in [2.05, 4.69) is 21.0 Å². The predicted molar refractivity (Wildman–Crippen MR) is 56.4 cm³/mol. The average molecular weight is 223 g/mol. The van der Waals surface area contributed by atoms with Gasteiger partial charge in [0.2, 0.25) is 5.95 Å². The summed E-state index contributed by atoms with van der Waals surface area (Å²) in [5.74, 6) is 0.416. The smallest absolute Gasteiger partial charge is 0.324 e. The molecule has 0 aliphatic heterocycles. The maximum absolute atomic E-state index is 8.48. The van der Waals surface area contributed by atoms with Gasteiger partial charge in [0.15, 0.2) is 0 Å². The summed E-state index contributed by atoms with van der Waals surface area (Å²) in [7, 11) is 4.72. The first-order valence-electron chi connectivity index (χ1n) is 4.63. The molecule has 16 heavy (non-hydrogen) atoms. The molecule has 0 saturated heterocycles. The number of nitriles is 1. The molecular weight excluding hydrogens is 210 g/mol. The molecule has 0 aliphatic carbocycles. The number of hydrogen-bond donors (Lipinski definition) is 0. The van der Waals surface area contributed by atoms with E-state index in [4.69, 9.17) is 14.7 Å². The van der Waals surface area contributed by atoms with Gasteiger partial charge in [-0.15, -0.1) is 4.98 Å². The zero-order chi connectivity index (χ0) is 12.0. The summed E-state index contributed by atoms with van der Waals surface area (Å²) in [5, 5.41) is 8.48. The maximum atomic E-state index is 8.48. The van der Waals surface area contributed by atoms with Crippen LogP contribution < -0.4 is 14.4 Å². The number of anilines is 1. The second-order valence-electron chi connectivity index (χ2n) is 2.94. The minimum absolute atomic E-state index is 0.186. The van der Waals surface area contributed by atoms with E-state index in [1.165, 1.54) is 14.2 Å². The number of ether oxygens (including phenoxy) is 2. The van der Waals surface area contributed by atoms with Gasteiger partial charge in [0.1, 0.15) is 0 Å². The van der Waals surface area contributed by atoms with Crippen molar-refractivity contribution in [3.05, 3.63) is 0 Å². The molecular formula is C9H13N5O2. The highest BCUT2D eigenvalue weighted by Gasteiger charge is 2.10. The van der Waals surface area contributed by atoms with Crippen molar-refractivity contribution in [1.29, 1.82) is 5.26 Å². The highest BCUT2D eigenvalue weighted by atomic mass is 16.5. The van der Waals surface area contributed by atoms with Crippen LogP contribution in [0, 0.1) is 11.3 Å². The largest absolute Gasteiger partial charge is 0.467 e. The molecule has 0 radical (unpaired) electrons. The lowest BCUT2D eigenvalue weighted by Gasteiger charge is -2.15. The van der Waals surface area contributed by atoms with Crippen LogP contribution in [-0.4, -0.2) is 42.8 Å². The summed E-state index contributed by atoms with van der Waals surface area (Å²) in [6, 6.07) is 2.42. The molecule has 0 saturated carbocycles. The summed E-state index contributed by atoms with van der Waals surface area (Å²) in [5.41, 5.74) is 0. The Balaban J connectivity index is 2.90. The highest BCUT2D eigenvalue weighted by Crippen LogP contribution is 2.14. The van der Waals surface area contributed by atoms with Crippen molar-refractivity contribution in [2.75, 3.05) is 32.7 Å². The lowest BCUT2D eigenvalue weighted by atomic mass is 10.4. The van der Waals surface area contributed by atoms with E-state index >= 15 is 0 Å². The number of methoxy groups -OCH3 is 2. The Labute approximate surface area is 93.7 Å². The van der Waals surface area contributed by atoms with Crippen molar-refractivity contribution >= 4 is 5.95 Å². The van der Waals surface area contributed by atoms with Gasteiger partial charge in [-0.05, 0) is 0 Å². The van der Waals surface area contributed by atoms with Gasteiger partial charge in [0.05, 0.1) is 26.7 Å². The Bertz CT molecular complexity index is 368. The molecule has 7 heteroatoms. The summed E-state index contributed by atoms with van der Waals surface area (Å²) < 4.78 is 9.84. The van der Waals surface area contributed by atoms with E-state index < -0.39 is 0 Å². The molecule has 0 unspecified atom stereocenters. The van der Waals surface area contributed by atoms with Gasteiger partial charge in [-0.2, -0.15) is 15.2 Å². The number of hydrogen-bond acceptors (Lipinski definition) is 7. The second-order valence-corrected chi connectivity index (χ2v) is 2.94. The molecule has 0 fully saturated rings.